The van der Waals surface area contributed by atoms with Crippen LogP contribution in [0.3, 0.4) is 0 Å². The van der Waals surface area contributed by atoms with Crippen LogP contribution in [-0.4, -0.2) is 18.6 Å². The standard InChI is InChI=1S/C17H28N2O2/c1-5-7-14(18)10-13-8-9-15(16(11-13)21-6-2)19-17(20)12(3)4/h8-9,11-12,14H,5-7,10,18H2,1-4H3,(H,19,20). The van der Waals surface area contributed by atoms with Crippen LogP contribution in [0.25, 0.3) is 0 Å². The van der Waals surface area contributed by atoms with Gasteiger partial charge in [0.1, 0.15) is 5.75 Å². The Morgan fingerprint density at radius 3 is 2.62 bits per heavy atom. The molecule has 0 aliphatic heterocycles. The summed E-state index contributed by atoms with van der Waals surface area (Å²) in [6.45, 7) is 8.37. The molecule has 1 atom stereocenters. The third-order valence-corrected chi connectivity index (χ3v) is 3.29. The minimum absolute atomic E-state index is 0.00797. The van der Waals surface area contributed by atoms with Gasteiger partial charge in [0.15, 0.2) is 0 Å². The van der Waals surface area contributed by atoms with Crippen LogP contribution in [0.1, 0.15) is 46.1 Å². The van der Waals surface area contributed by atoms with Crippen molar-refractivity contribution in [3.63, 3.8) is 0 Å². The lowest BCUT2D eigenvalue weighted by Gasteiger charge is -2.16. The molecule has 0 aromatic heterocycles. The van der Waals surface area contributed by atoms with Gasteiger partial charge in [-0.05, 0) is 37.5 Å². The van der Waals surface area contributed by atoms with Crippen molar-refractivity contribution in [2.45, 2.75) is 53.0 Å². The van der Waals surface area contributed by atoms with Gasteiger partial charge >= 0.3 is 0 Å². The van der Waals surface area contributed by atoms with E-state index >= 15 is 0 Å². The summed E-state index contributed by atoms with van der Waals surface area (Å²) >= 11 is 0. The summed E-state index contributed by atoms with van der Waals surface area (Å²) in [4.78, 5) is 11.8. The Morgan fingerprint density at radius 1 is 1.33 bits per heavy atom. The summed E-state index contributed by atoms with van der Waals surface area (Å²) in [6, 6.07) is 6.06. The molecule has 0 aliphatic carbocycles. The summed E-state index contributed by atoms with van der Waals surface area (Å²) in [7, 11) is 0. The van der Waals surface area contributed by atoms with Gasteiger partial charge in [-0.3, -0.25) is 4.79 Å². The zero-order valence-corrected chi connectivity index (χ0v) is 13.6. The highest BCUT2D eigenvalue weighted by Gasteiger charge is 2.12. The van der Waals surface area contributed by atoms with Gasteiger partial charge in [0.05, 0.1) is 12.3 Å². The molecule has 0 saturated heterocycles. The fraction of sp³-hybridized carbons (Fsp3) is 0.588. The fourth-order valence-electron chi connectivity index (χ4n) is 2.12. The lowest BCUT2D eigenvalue weighted by atomic mass is 10.0. The molecule has 0 heterocycles. The molecule has 1 aromatic rings. The molecule has 0 fully saturated rings. The number of carbonyl (C=O) groups is 1. The van der Waals surface area contributed by atoms with E-state index in [1.165, 1.54) is 0 Å². The lowest BCUT2D eigenvalue weighted by Crippen LogP contribution is -2.22. The Hall–Kier alpha value is -1.55. The van der Waals surface area contributed by atoms with E-state index in [1.54, 1.807) is 0 Å². The second-order valence-corrected chi connectivity index (χ2v) is 5.66. The van der Waals surface area contributed by atoms with Crippen molar-refractivity contribution in [1.82, 2.24) is 0 Å². The minimum atomic E-state index is -0.0582. The van der Waals surface area contributed by atoms with Crippen LogP contribution in [0.5, 0.6) is 5.75 Å². The van der Waals surface area contributed by atoms with Gasteiger partial charge in [0.2, 0.25) is 5.91 Å². The highest BCUT2D eigenvalue weighted by molar-refractivity contribution is 5.93. The number of amides is 1. The predicted octanol–water partition coefficient (Wildman–Crippen LogP) is 3.35. The number of nitrogens with two attached hydrogens (primary N) is 1. The predicted molar refractivity (Wildman–Crippen MR) is 87.7 cm³/mol. The Kier molecular flexibility index (Phi) is 7.23. The first-order valence-corrected chi connectivity index (χ1v) is 7.80. The highest BCUT2D eigenvalue weighted by Crippen LogP contribution is 2.27. The molecule has 0 aliphatic rings. The minimum Gasteiger partial charge on any atom is -0.492 e. The second kappa shape index (κ2) is 8.67. The molecule has 0 spiro atoms. The molecule has 0 saturated carbocycles. The first-order valence-electron chi connectivity index (χ1n) is 7.80. The lowest BCUT2D eigenvalue weighted by molar-refractivity contribution is -0.118. The molecule has 1 rings (SSSR count). The molecule has 0 bridgehead atoms. The topological polar surface area (TPSA) is 64.3 Å². The Morgan fingerprint density at radius 2 is 2.05 bits per heavy atom. The van der Waals surface area contributed by atoms with E-state index in [9.17, 15) is 4.79 Å². The molecule has 1 unspecified atom stereocenters. The third kappa shape index (κ3) is 5.76. The molecule has 0 radical (unpaired) electrons. The fourth-order valence-corrected chi connectivity index (χ4v) is 2.12. The number of benzene rings is 1. The number of rotatable bonds is 8. The van der Waals surface area contributed by atoms with E-state index in [4.69, 9.17) is 10.5 Å². The first-order chi connectivity index (χ1) is 9.97. The van der Waals surface area contributed by atoms with Gasteiger partial charge < -0.3 is 15.8 Å². The van der Waals surface area contributed by atoms with E-state index in [-0.39, 0.29) is 17.9 Å². The molecule has 118 valence electrons. The van der Waals surface area contributed by atoms with Crippen molar-refractivity contribution in [3.8, 4) is 5.75 Å². The van der Waals surface area contributed by atoms with E-state index < -0.39 is 0 Å². The Bertz CT molecular complexity index is 458. The van der Waals surface area contributed by atoms with Crippen molar-refractivity contribution < 1.29 is 9.53 Å². The molecule has 1 amide bonds. The Labute approximate surface area is 128 Å². The van der Waals surface area contributed by atoms with E-state index in [1.807, 2.05) is 39.0 Å². The summed E-state index contributed by atoms with van der Waals surface area (Å²) in [5, 5.41) is 2.91. The van der Waals surface area contributed by atoms with Gasteiger partial charge in [-0.2, -0.15) is 0 Å². The molecular formula is C17H28N2O2. The summed E-state index contributed by atoms with van der Waals surface area (Å²) < 4.78 is 5.64. The van der Waals surface area contributed by atoms with Gasteiger partial charge in [-0.1, -0.05) is 33.3 Å². The first kappa shape index (κ1) is 17.5. The smallest absolute Gasteiger partial charge is 0.227 e. The summed E-state index contributed by atoms with van der Waals surface area (Å²) in [6.07, 6.45) is 2.92. The maximum Gasteiger partial charge on any atom is 0.227 e. The van der Waals surface area contributed by atoms with Gasteiger partial charge in [0.25, 0.3) is 0 Å². The number of ether oxygens (including phenoxy) is 1. The zero-order chi connectivity index (χ0) is 15.8. The third-order valence-electron chi connectivity index (χ3n) is 3.29. The Balaban J connectivity index is 2.88. The van der Waals surface area contributed by atoms with Crippen LogP contribution in [-0.2, 0) is 11.2 Å². The quantitative estimate of drug-likeness (QED) is 0.772. The van der Waals surface area contributed by atoms with E-state index in [0.29, 0.717) is 12.4 Å². The van der Waals surface area contributed by atoms with Crippen molar-refractivity contribution in [2.24, 2.45) is 11.7 Å². The SMILES string of the molecule is CCCC(N)Cc1ccc(NC(=O)C(C)C)c(OCC)c1. The molecular weight excluding hydrogens is 264 g/mol. The molecule has 4 nitrogen and oxygen atoms in total. The van der Waals surface area contributed by atoms with E-state index in [0.717, 1.165) is 30.5 Å². The van der Waals surface area contributed by atoms with Crippen LogP contribution < -0.4 is 15.8 Å². The number of anilines is 1. The average Bonchev–Trinajstić information content (AvgIpc) is 2.42. The maximum atomic E-state index is 11.8. The molecule has 21 heavy (non-hydrogen) atoms. The maximum absolute atomic E-state index is 11.8. The summed E-state index contributed by atoms with van der Waals surface area (Å²) in [5.74, 6) is 0.649. The zero-order valence-electron chi connectivity index (χ0n) is 13.6. The van der Waals surface area contributed by atoms with Crippen LogP contribution in [0.2, 0.25) is 0 Å². The normalized spacial score (nSPS) is 12.3. The largest absolute Gasteiger partial charge is 0.492 e. The van der Waals surface area contributed by atoms with Crippen LogP contribution in [0.4, 0.5) is 5.69 Å². The van der Waals surface area contributed by atoms with Gasteiger partial charge in [-0.15, -0.1) is 0 Å². The molecule has 4 heteroatoms. The van der Waals surface area contributed by atoms with Crippen LogP contribution in [0.15, 0.2) is 18.2 Å². The van der Waals surface area contributed by atoms with Crippen LogP contribution in [0, 0.1) is 5.92 Å². The van der Waals surface area contributed by atoms with Gasteiger partial charge in [0, 0.05) is 12.0 Å². The van der Waals surface area contributed by atoms with E-state index in [2.05, 4.69) is 12.2 Å². The summed E-state index contributed by atoms with van der Waals surface area (Å²) in [5.41, 5.74) is 7.95. The number of hydrogen-bond acceptors (Lipinski definition) is 3. The number of carbonyl (C=O) groups excluding carboxylic acids is 1. The van der Waals surface area contributed by atoms with Crippen molar-refractivity contribution in [1.29, 1.82) is 0 Å². The molecule has 1 aromatic carbocycles. The molecule has 3 N–H and O–H groups in total. The van der Waals surface area contributed by atoms with Crippen LogP contribution >= 0.6 is 0 Å². The van der Waals surface area contributed by atoms with Gasteiger partial charge in [-0.25, -0.2) is 0 Å². The monoisotopic (exact) mass is 292 g/mol. The number of nitrogens with one attached hydrogen (secondary N) is 1. The number of hydrogen-bond donors (Lipinski definition) is 2. The van der Waals surface area contributed by atoms with Crippen molar-refractivity contribution in [2.75, 3.05) is 11.9 Å². The van der Waals surface area contributed by atoms with Crippen molar-refractivity contribution >= 4 is 11.6 Å². The highest BCUT2D eigenvalue weighted by atomic mass is 16.5. The average molecular weight is 292 g/mol. The van der Waals surface area contributed by atoms with Crippen molar-refractivity contribution in [3.05, 3.63) is 23.8 Å². The second-order valence-electron chi connectivity index (χ2n) is 5.66.